The molecular weight excluding hydrogens is 1060 g/mol. The maximum absolute atomic E-state index is 13.7. The summed E-state index contributed by atoms with van der Waals surface area (Å²) in [5, 5.41) is 101. The molecule has 80 heavy (non-hydrogen) atoms. The maximum Gasteiger partial charge on any atom is 0.338 e. The van der Waals surface area contributed by atoms with Gasteiger partial charge in [0.15, 0.2) is 11.6 Å². The lowest BCUT2D eigenvalue weighted by Crippen LogP contribution is -2.34. The number of aromatic hydroxyl groups is 2. The molecule has 0 bridgehead atoms. The van der Waals surface area contributed by atoms with E-state index in [1.807, 2.05) is 0 Å². The summed E-state index contributed by atoms with van der Waals surface area (Å²) < 4.78 is 10.8. The minimum absolute atomic E-state index is 0.00852. The number of aryl methyl sites for hydroxylation is 1. The quantitative estimate of drug-likeness (QED) is 0.0255. The van der Waals surface area contributed by atoms with Crippen molar-refractivity contribution in [2.75, 3.05) is 26.3 Å². The standard InChI is InChI=1S/C50H42N10O20/c1-7-79-49(77)23-13-20(3)33(29(14-23)46(71)72)55-57-36-22(5)34(52-6)41(64)60(43(36)66)12-10-54-39(62)26-18-27(44(67)68)25(17-28(26)45(69)70)38(61)53-9-11-59-40(63)32(19-51)21(4)35(42(59)65)56-58-37-30(47(73)74)15-24(50(78)80-8-2)16-31(37)48(75)76/h13-18,63-64H,7-12H2,1-5H3,(H,53,61)(H,54,62)(H,67,68)(H,69,70)(H,71,72)(H,73,74)(H,75,76). The largest absolute Gasteiger partial charge is 0.503 e. The Morgan fingerprint density at radius 1 is 0.562 bits per heavy atom. The molecule has 5 rings (SSSR count). The Morgan fingerprint density at radius 3 is 1.34 bits per heavy atom. The van der Waals surface area contributed by atoms with E-state index < -0.39 is 175 Å². The SMILES string of the molecule is [C-]#[N+]c1c(C)c(N=Nc2c(C)cc(C(=O)OCC)cc2C(=O)O)c(=O)n(CCNC(=O)c2cc(C(=O)O)c(C(=O)NCCn3c(O)c(C#N)c(C)c(N=Nc4c(C(=O)O)cc(C(=O)OCC)cc4C(=O)O)c3=O)cc2C(=O)O)c1O. The smallest absolute Gasteiger partial charge is 0.338 e. The van der Waals surface area contributed by atoms with E-state index >= 15 is 0 Å². The highest BCUT2D eigenvalue weighted by Gasteiger charge is 2.29. The van der Waals surface area contributed by atoms with Crippen LogP contribution in [0.25, 0.3) is 4.85 Å². The van der Waals surface area contributed by atoms with E-state index in [0.717, 1.165) is 25.1 Å². The van der Waals surface area contributed by atoms with Gasteiger partial charge in [0.25, 0.3) is 22.9 Å². The van der Waals surface area contributed by atoms with Gasteiger partial charge in [-0.3, -0.25) is 28.3 Å². The molecule has 0 atom stereocenters. The number of esters is 2. The minimum atomic E-state index is -1.86. The average molecular weight is 1100 g/mol. The molecule has 0 unspecified atom stereocenters. The molecule has 0 aliphatic heterocycles. The lowest BCUT2D eigenvalue weighted by molar-refractivity contribution is 0.0516. The van der Waals surface area contributed by atoms with Crippen LogP contribution in [0.2, 0.25) is 0 Å². The maximum atomic E-state index is 13.7. The van der Waals surface area contributed by atoms with Gasteiger partial charge in [0.2, 0.25) is 11.6 Å². The number of hydrogen-bond acceptors (Lipinski definition) is 20. The summed E-state index contributed by atoms with van der Waals surface area (Å²) in [5.74, 6) is -15.2. The molecule has 412 valence electrons. The molecule has 2 aromatic heterocycles. The number of nitriles is 1. The van der Waals surface area contributed by atoms with Crippen molar-refractivity contribution in [1.29, 1.82) is 5.26 Å². The molecule has 0 aliphatic carbocycles. The minimum Gasteiger partial charge on any atom is -0.503 e. The fourth-order valence-corrected chi connectivity index (χ4v) is 7.61. The van der Waals surface area contributed by atoms with Crippen LogP contribution in [0.3, 0.4) is 0 Å². The molecule has 30 nitrogen and oxygen atoms in total. The monoisotopic (exact) mass is 1100 g/mol. The normalized spacial score (nSPS) is 10.9. The molecule has 0 saturated heterocycles. The Hall–Kier alpha value is -11.4. The van der Waals surface area contributed by atoms with E-state index in [1.165, 1.54) is 26.8 Å². The zero-order chi connectivity index (χ0) is 59.6. The number of benzene rings is 3. The number of rotatable bonds is 21. The Morgan fingerprint density at radius 2 is 0.938 bits per heavy atom. The van der Waals surface area contributed by atoms with Crippen LogP contribution in [0.5, 0.6) is 11.8 Å². The van der Waals surface area contributed by atoms with Gasteiger partial charge in [-0.1, -0.05) is 0 Å². The third-order valence-electron chi connectivity index (χ3n) is 11.5. The van der Waals surface area contributed by atoms with E-state index in [1.54, 1.807) is 13.0 Å². The van der Waals surface area contributed by atoms with E-state index in [2.05, 4.69) is 35.9 Å². The number of carboxylic acid groups (broad SMARTS) is 5. The van der Waals surface area contributed by atoms with Crippen molar-refractivity contribution in [3.05, 3.63) is 141 Å². The fourth-order valence-electron chi connectivity index (χ4n) is 7.61. The van der Waals surface area contributed by atoms with E-state index in [9.17, 15) is 93.7 Å². The summed E-state index contributed by atoms with van der Waals surface area (Å²) in [4.78, 5) is 144. The van der Waals surface area contributed by atoms with E-state index in [0.29, 0.717) is 21.3 Å². The van der Waals surface area contributed by atoms with Gasteiger partial charge in [-0.05, 0) is 82.1 Å². The number of amides is 2. The van der Waals surface area contributed by atoms with Crippen LogP contribution in [0.1, 0.15) is 129 Å². The first-order chi connectivity index (χ1) is 37.8. The first kappa shape index (κ1) is 59.4. The van der Waals surface area contributed by atoms with Gasteiger partial charge < -0.3 is 55.9 Å². The molecule has 9 N–H and O–H groups in total. The molecular formula is C50H42N10O20. The van der Waals surface area contributed by atoms with Gasteiger partial charge in [-0.25, -0.2) is 38.4 Å². The number of carbonyl (C=O) groups is 9. The van der Waals surface area contributed by atoms with Crippen LogP contribution in [0.4, 0.5) is 28.4 Å². The van der Waals surface area contributed by atoms with E-state index in [-0.39, 0.29) is 41.2 Å². The summed E-state index contributed by atoms with van der Waals surface area (Å²) in [5.41, 5.74) is -12.7. The second kappa shape index (κ2) is 24.9. The summed E-state index contributed by atoms with van der Waals surface area (Å²) in [6, 6.07) is 6.45. The first-order valence-electron chi connectivity index (χ1n) is 22.9. The van der Waals surface area contributed by atoms with Gasteiger partial charge in [-0.15, -0.1) is 20.5 Å². The third kappa shape index (κ3) is 12.3. The fraction of sp³-hybridized carbons (Fsp3) is 0.220. The molecule has 3 aromatic carbocycles. The van der Waals surface area contributed by atoms with Gasteiger partial charge in [-0.2, -0.15) is 5.26 Å². The Bertz CT molecular complexity index is 3770. The molecule has 0 radical (unpaired) electrons. The number of nitrogens with zero attached hydrogens (tertiary/aromatic N) is 8. The summed E-state index contributed by atoms with van der Waals surface area (Å²) in [6.45, 7) is 11.5. The van der Waals surface area contributed by atoms with Crippen LogP contribution < -0.4 is 21.8 Å². The number of hydrogen-bond donors (Lipinski definition) is 9. The number of nitrogens with one attached hydrogen (secondary N) is 2. The predicted octanol–water partition coefficient (Wildman–Crippen LogP) is 5.30. The molecule has 5 aromatic rings. The van der Waals surface area contributed by atoms with Crippen LogP contribution in [-0.2, 0) is 22.6 Å². The van der Waals surface area contributed by atoms with Crippen molar-refractivity contribution >= 4 is 82.0 Å². The highest BCUT2D eigenvalue weighted by molar-refractivity contribution is 6.12. The molecule has 0 aliphatic rings. The lowest BCUT2D eigenvalue weighted by atomic mass is 9.97. The Balaban J connectivity index is 1.42. The average Bonchev–Trinajstić information content (AvgIpc) is 3.40. The Labute approximate surface area is 447 Å². The number of aromatic carboxylic acids is 5. The first-order valence-corrected chi connectivity index (χ1v) is 22.9. The van der Waals surface area contributed by atoms with Crippen molar-refractivity contribution in [2.24, 2.45) is 20.5 Å². The third-order valence-corrected chi connectivity index (χ3v) is 11.5. The number of carbonyl (C=O) groups excluding carboxylic acids is 4. The Kier molecular flexibility index (Phi) is 18.5. The zero-order valence-corrected chi connectivity index (χ0v) is 42.2. The zero-order valence-electron chi connectivity index (χ0n) is 42.2. The van der Waals surface area contributed by atoms with Crippen molar-refractivity contribution in [3.63, 3.8) is 0 Å². The van der Waals surface area contributed by atoms with Crippen molar-refractivity contribution < 1.29 is 88.4 Å². The van der Waals surface area contributed by atoms with E-state index in [4.69, 9.17) is 16.0 Å². The highest BCUT2D eigenvalue weighted by atomic mass is 16.5. The molecule has 0 saturated carbocycles. The van der Waals surface area contributed by atoms with Gasteiger partial charge >= 0.3 is 41.8 Å². The van der Waals surface area contributed by atoms with Crippen molar-refractivity contribution in [2.45, 2.75) is 47.7 Å². The second-order valence-electron chi connectivity index (χ2n) is 16.4. The van der Waals surface area contributed by atoms with Crippen LogP contribution in [0.15, 0.2) is 66.4 Å². The topological polar surface area (TPSA) is 459 Å². The van der Waals surface area contributed by atoms with Gasteiger partial charge in [0, 0.05) is 31.7 Å². The highest BCUT2D eigenvalue weighted by Crippen LogP contribution is 2.36. The number of ether oxygens (including phenoxy) is 2. The van der Waals surface area contributed by atoms with Gasteiger partial charge in [0.1, 0.15) is 28.7 Å². The van der Waals surface area contributed by atoms with Crippen LogP contribution in [0, 0.1) is 38.7 Å². The molecule has 0 spiro atoms. The number of aromatic nitrogens is 2. The number of pyridine rings is 2. The summed E-state index contributed by atoms with van der Waals surface area (Å²) in [7, 11) is 0. The molecule has 30 heteroatoms. The van der Waals surface area contributed by atoms with Gasteiger partial charge in [0.05, 0.1) is 69.9 Å². The van der Waals surface area contributed by atoms with Crippen LogP contribution in [-0.4, -0.2) is 125 Å². The molecule has 2 heterocycles. The van der Waals surface area contributed by atoms with Crippen molar-refractivity contribution in [1.82, 2.24) is 19.8 Å². The lowest BCUT2D eigenvalue weighted by Gasteiger charge is -2.16. The van der Waals surface area contributed by atoms with Crippen LogP contribution >= 0.6 is 0 Å². The molecule has 0 fully saturated rings. The predicted molar refractivity (Wildman–Crippen MR) is 269 cm³/mol. The van der Waals surface area contributed by atoms with Crippen molar-refractivity contribution in [3.8, 4) is 17.8 Å². The summed E-state index contributed by atoms with van der Waals surface area (Å²) in [6.07, 6.45) is 0. The second-order valence-corrected chi connectivity index (χ2v) is 16.4. The summed E-state index contributed by atoms with van der Waals surface area (Å²) >= 11 is 0. The number of carboxylic acids is 5. The molecule has 2 amide bonds. The number of azo groups is 2.